The van der Waals surface area contributed by atoms with Crippen molar-refractivity contribution in [2.45, 2.75) is 26.8 Å². The van der Waals surface area contributed by atoms with Crippen molar-refractivity contribution in [3.8, 4) is 0 Å². The molecule has 100 valence electrons. The molecule has 0 aliphatic carbocycles. The molecule has 0 fully saturated rings. The number of pyridine rings is 1. The number of hydrogen-bond donors (Lipinski definition) is 1. The number of rotatable bonds is 3. The van der Waals surface area contributed by atoms with E-state index < -0.39 is 0 Å². The first-order valence-corrected chi connectivity index (χ1v) is 6.39. The minimum absolute atomic E-state index is 0.153. The Kier molecular flexibility index (Phi) is 3.96. The van der Waals surface area contributed by atoms with Gasteiger partial charge in [0.1, 0.15) is 5.82 Å². The lowest BCUT2D eigenvalue weighted by Crippen LogP contribution is -2.19. The quantitative estimate of drug-likeness (QED) is 0.912. The van der Waals surface area contributed by atoms with E-state index in [2.05, 4.69) is 10.3 Å². The summed E-state index contributed by atoms with van der Waals surface area (Å²) in [5.74, 6) is -0.183. The summed E-state index contributed by atoms with van der Waals surface area (Å²) in [6.07, 6.45) is 0. The maximum atomic E-state index is 14.0. The highest BCUT2D eigenvalue weighted by Gasteiger charge is 2.17. The first kappa shape index (κ1) is 13.7. The molecule has 0 spiro atoms. The van der Waals surface area contributed by atoms with Crippen LogP contribution in [0.2, 0.25) is 0 Å². The van der Waals surface area contributed by atoms with Crippen LogP contribution in [0.15, 0.2) is 30.3 Å². The Balaban J connectivity index is 2.52. The van der Waals surface area contributed by atoms with Gasteiger partial charge in [0.05, 0.1) is 6.04 Å². The van der Waals surface area contributed by atoms with E-state index in [0.29, 0.717) is 5.56 Å². The van der Waals surface area contributed by atoms with Gasteiger partial charge in [0.25, 0.3) is 0 Å². The van der Waals surface area contributed by atoms with Gasteiger partial charge < -0.3 is 5.32 Å². The van der Waals surface area contributed by atoms with E-state index in [0.717, 1.165) is 22.5 Å². The molecule has 2 rings (SSSR count). The first-order valence-electron chi connectivity index (χ1n) is 6.39. The second-order valence-corrected chi connectivity index (χ2v) is 4.93. The zero-order valence-electron chi connectivity index (χ0n) is 11.8. The molecule has 1 aromatic carbocycles. The Morgan fingerprint density at radius 3 is 2.26 bits per heavy atom. The summed E-state index contributed by atoms with van der Waals surface area (Å²) >= 11 is 0. The zero-order chi connectivity index (χ0) is 14.0. The summed E-state index contributed by atoms with van der Waals surface area (Å²) in [4.78, 5) is 4.36. The van der Waals surface area contributed by atoms with Gasteiger partial charge in [-0.25, -0.2) is 4.39 Å². The van der Waals surface area contributed by atoms with Crippen LogP contribution in [-0.2, 0) is 0 Å². The van der Waals surface area contributed by atoms with Gasteiger partial charge in [0, 0.05) is 17.0 Å². The smallest absolute Gasteiger partial charge is 0.128 e. The third-order valence-corrected chi connectivity index (χ3v) is 3.19. The van der Waals surface area contributed by atoms with Crippen LogP contribution in [0.1, 0.15) is 34.1 Å². The summed E-state index contributed by atoms with van der Waals surface area (Å²) in [5, 5.41) is 3.19. The van der Waals surface area contributed by atoms with E-state index in [1.54, 1.807) is 6.07 Å². The third kappa shape index (κ3) is 2.99. The molecule has 0 amide bonds. The SMILES string of the molecule is CNC(c1cc(C)nc(C)c1)c1cc(C)ccc1F. The predicted molar refractivity (Wildman–Crippen MR) is 75.8 cm³/mol. The Hall–Kier alpha value is -1.74. The minimum Gasteiger partial charge on any atom is -0.309 e. The summed E-state index contributed by atoms with van der Waals surface area (Å²) in [5.41, 5.74) is 4.66. The summed E-state index contributed by atoms with van der Waals surface area (Å²) < 4.78 is 14.0. The van der Waals surface area contributed by atoms with Gasteiger partial charge in [-0.3, -0.25) is 4.98 Å². The number of nitrogens with one attached hydrogen (secondary N) is 1. The lowest BCUT2D eigenvalue weighted by atomic mass is 9.96. The largest absolute Gasteiger partial charge is 0.309 e. The minimum atomic E-state index is -0.183. The molecule has 0 aliphatic heterocycles. The normalized spacial score (nSPS) is 12.5. The highest BCUT2D eigenvalue weighted by Crippen LogP contribution is 2.25. The van der Waals surface area contributed by atoms with E-state index >= 15 is 0 Å². The molecular weight excluding hydrogens is 239 g/mol. The van der Waals surface area contributed by atoms with Crippen LogP contribution in [0.25, 0.3) is 0 Å². The van der Waals surface area contributed by atoms with Crippen LogP contribution in [0, 0.1) is 26.6 Å². The lowest BCUT2D eigenvalue weighted by Gasteiger charge is -2.19. The van der Waals surface area contributed by atoms with Crippen molar-refractivity contribution in [3.63, 3.8) is 0 Å². The van der Waals surface area contributed by atoms with E-state index in [1.807, 2.05) is 46.0 Å². The van der Waals surface area contributed by atoms with Gasteiger partial charge in [-0.15, -0.1) is 0 Å². The number of aryl methyl sites for hydroxylation is 3. The van der Waals surface area contributed by atoms with E-state index in [4.69, 9.17) is 0 Å². The lowest BCUT2D eigenvalue weighted by molar-refractivity contribution is 0.575. The Morgan fingerprint density at radius 2 is 1.68 bits per heavy atom. The van der Waals surface area contributed by atoms with Crippen molar-refractivity contribution < 1.29 is 4.39 Å². The average Bonchev–Trinajstić information content (AvgIpc) is 2.33. The Morgan fingerprint density at radius 1 is 1.05 bits per heavy atom. The number of nitrogens with zero attached hydrogens (tertiary/aromatic N) is 1. The van der Waals surface area contributed by atoms with Crippen molar-refractivity contribution >= 4 is 0 Å². The van der Waals surface area contributed by atoms with Crippen molar-refractivity contribution in [2.24, 2.45) is 0 Å². The standard InChI is InChI=1S/C16H19FN2/c1-10-5-6-15(17)14(7-10)16(18-4)13-8-11(2)19-12(3)9-13/h5-9,16,18H,1-4H3. The molecule has 1 aromatic heterocycles. The fourth-order valence-electron chi connectivity index (χ4n) is 2.42. The molecule has 1 N–H and O–H groups in total. The van der Waals surface area contributed by atoms with Gasteiger partial charge in [-0.2, -0.15) is 0 Å². The van der Waals surface area contributed by atoms with Gasteiger partial charge in [-0.1, -0.05) is 17.7 Å². The van der Waals surface area contributed by atoms with Crippen molar-refractivity contribution in [3.05, 3.63) is 64.2 Å². The number of benzene rings is 1. The first-order chi connectivity index (χ1) is 9.01. The summed E-state index contributed by atoms with van der Waals surface area (Å²) in [6.45, 7) is 5.88. The van der Waals surface area contributed by atoms with Crippen LogP contribution in [0.5, 0.6) is 0 Å². The maximum Gasteiger partial charge on any atom is 0.128 e. The summed E-state index contributed by atoms with van der Waals surface area (Å²) in [6, 6.07) is 9.04. The molecule has 3 heteroatoms. The van der Waals surface area contributed by atoms with Crippen molar-refractivity contribution in [1.82, 2.24) is 10.3 Å². The van der Waals surface area contributed by atoms with E-state index in [9.17, 15) is 4.39 Å². The molecule has 2 nitrogen and oxygen atoms in total. The fraction of sp³-hybridized carbons (Fsp3) is 0.312. The fourth-order valence-corrected chi connectivity index (χ4v) is 2.42. The molecule has 0 saturated heterocycles. The third-order valence-electron chi connectivity index (χ3n) is 3.19. The molecule has 0 saturated carbocycles. The topological polar surface area (TPSA) is 24.9 Å². The highest BCUT2D eigenvalue weighted by molar-refractivity contribution is 5.36. The number of aromatic nitrogens is 1. The van der Waals surface area contributed by atoms with Crippen molar-refractivity contribution in [2.75, 3.05) is 7.05 Å². The maximum absolute atomic E-state index is 14.0. The second-order valence-electron chi connectivity index (χ2n) is 4.93. The molecule has 0 bridgehead atoms. The molecule has 2 aromatic rings. The highest BCUT2D eigenvalue weighted by atomic mass is 19.1. The number of halogens is 1. The number of hydrogen-bond acceptors (Lipinski definition) is 2. The molecule has 0 radical (unpaired) electrons. The van der Waals surface area contributed by atoms with Gasteiger partial charge in [0.15, 0.2) is 0 Å². The van der Waals surface area contributed by atoms with E-state index in [1.165, 1.54) is 6.07 Å². The molecular formula is C16H19FN2. The van der Waals surface area contributed by atoms with Crippen LogP contribution in [0.3, 0.4) is 0 Å². The molecule has 0 aliphatic rings. The second kappa shape index (κ2) is 5.49. The van der Waals surface area contributed by atoms with Gasteiger partial charge in [0.2, 0.25) is 0 Å². The van der Waals surface area contributed by atoms with E-state index in [-0.39, 0.29) is 11.9 Å². The molecule has 19 heavy (non-hydrogen) atoms. The predicted octanol–water partition coefficient (Wildman–Crippen LogP) is 3.45. The van der Waals surface area contributed by atoms with Gasteiger partial charge in [-0.05, 0) is 51.6 Å². The van der Waals surface area contributed by atoms with Crippen LogP contribution < -0.4 is 5.32 Å². The molecule has 1 heterocycles. The zero-order valence-corrected chi connectivity index (χ0v) is 11.8. The van der Waals surface area contributed by atoms with Crippen LogP contribution in [0.4, 0.5) is 4.39 Å². The monoisotopic (exact) mass is 258 g/mol. The van der Waals surface area contributed by atoms with Crippen LogP contribution >= 0.6 is 0 Å². The average molecular weight is 258 g/mol. The summed E-state index contributed by atoms with van der Waals surface area (Å²) in [7, 11) is 1.84. The Labute approximate surface area is 113 Å². The molecule has 1 unspecified atom stereocenters. The van der Waals surface area contributed by atoms with Crippen LogP contribution in [-0.4, -0.2) is 12.0 Å². The van der Waals surface area contributed by atoms with Crippen molar-refractivity contribution in [1.29, 1.82) is 0 Å². The van der Waals surface area contributed by atoms with Gasteiger partial charge >= 0.3 is 0 Å². The Bertz CT molecular complexity index is 573. The molecule has 1 atom stereocenters.